The van der Waals surface area contributed by atoms with Crippen molar-refractivity contribution in [2.24, 2.45) is 0 Å². The number of para-hydroxylation sites is 1. The van der Waals surface area contributed by atoms with Crippen LogP contribution in [0.2, 0.25) is 5.02 Å². The van der Waals surface area contributed by atoms with Crippen LogP contribution in [0.5, 0.6) is 5.75 Å². The van der Waals surface area contributed by atoms with Gasteiger partial charge in [0.15, 0.2) is 5.13 Å². The molecule has 29 heavy (non-hydrogen) atoms. The number of halogens is 1. The Morgan fingerprint density at radius 1 is 1.14 bits per heavy atom. The minimum Gasteiger partial charge on any atom is -0.491 e. The minimum absolute atomic E-state index is 0.0740. The zero-order chi connectivity index (χ0) is 21.0. The maximum absolute atomic E-state index is 13.3. The molecule has 0 aliphatic rings. The highest BCUT2D eigenvalue weighted by Gasteiger charge is 2.22. The third kappa shape index (κ3) is 5.47. The summed E-state index contributed by atoms with van der Waals surface area (Å²) in [7, 11) is 4.05. The number of nitrogens with zero attached hydrogens (tertiary/aromatic N) is 3. The van der Waals surface area contributed by atoms with Crippen LogP contribution in [0.15, 0.2) is 42.5 Å². The highest BCUT2D eigenvalue weighted by atomic mass is 35.5. The summed E-state index contributed by atoms with van der Waals surface area (Å²) in [5, 5.41) is 1.26. The van der Waals surface area contributed by atoms with Gasteiger partial charge in [0, 0.05) is 12.1 Å². The summed E-state index contributed by atoms with van der Waals surface area (Å²) >= 11 is 7.78. The standard InChI is InChI=1S/C22H26ClN3O2S/c1-15(2)28-17-11-9-16(10-12-17)21(27)26(14-6-13-25(3)4)22-24-20-18(23)7-5-8-19(20)29-22/h5,7-12,15H,6,13-14H2,1-4H3. The summed E-state index contributed by atoms with van der Waals surface area (Å²) in [5.74, 6) is 0.678. The van der Waals surface area contributed by atoms with Crippen LogP contribution in [-0.2, 0) is 0 Å². The van der Waals surface area contributed by atoms with Crippen molar-refractivity contribution in [2.45, 2.75) is 26.4 Å². The van der Waals surface area contributed by atoms with Crippen molar-refractivity contribution in [1.82, 2.24) is 9.88 Å². The Bertz CT molecular complexity index is 970. The van der Waals surface area contributed by atoms with E-state index in [1.165, 1.54) is 11.3 Å². The molecule has 0 atom stereocenters. The molecule has 2 aromatic carbocycles. The minimum atomic E-state index is -0.0740. The van der Waals surface area contributed by atoms with Crippen molar-refractivity contribution in [3.8, 4) is 5.75 Å². The molecule has 5 nitrogen and oxygen atoms in total. The number of thiazole rings is 1. The molecule has 1 heterocycles. The molecule has 0 saturated heterocycles. The third-order valence-corrected chi connectivity index (χ3v) is 5.64. The van der Waals surface area contributed by atoms with Crippen molar-refractivity contribution >= 4 is 44.2 Å². The van der Waals surface area contributed by atoms with Crippen LogP contribution in [0.25, 0.3) is 10.2 Å². The first kappa shape index (κ1) is 21.6. The molecule has 1 amide bonds. The first-order valence-electron chi connectivity index (χ1n) is 9.63. The van der Waals surface area contributed by atoms with Crippen LogP contribution in [-0.4, -0.2) is 49.1 Å². The number of fused-ring (bicyclic) bond motifs is 1. The fraction of sp³-hybridized carbons (Fsp3) is 0.364. The summed E-state index contributed by atoms with van der Waals surface area (Å²) in [4.78, 5) is 21.8. The van der Waals surface area contributed by atoms with Gasteiger partial charge in [-0.1, -0.05) is 29.0 Å². The number of rotatable bonds is 8. The van der Waals surface area contributed by atoms with Gasteiger partial charge in [0.05, 0.1) is 15.8 Å². The Labute approximate surface area is 180 Å². The molecule has 7 heteroatoms. The van der Waals surface area contributed by atoms with Crippen LogP contribution in [0.3, 0.4) is 0 Å². The van der Waals surface area contributed by atoms with E-state index in [-0.39, 0.29) is 12.0 Å². The lowest BCUT2D eigenvalue weighted by atomic mass is 10.2. The monoisotopic (exact) mass is 431 g/mol. The Morgan fingerprint density at radius 3 is 2.48 bits per heavy atom. The van der Waals surface area contributed by atoms with Crippen molar-refractivity contribution in [2.75, 3.05) is 32.1 Å². The van der Waals surface area contributed by atoms with Gasteiger partial charge in [-0.25, -0.2) is 4.98 Å². The third-order valence-electron chi connectivity index (χ3n) is 4.29. The van der Waals surface area contributed by atoms with Crippen LogP contribution in [0, 0.1) is 0 Å². The van der Waals surface area contributed by atoms with E-state index in [2.05, 4.69) is 9.88 Å². The highest BCUT2D eigenvalue weighted by molar-refractivity contribution is 7.22. The number of hydrogen-bond acceptors (Lipinski definition) is 5. The summed E-state index contributed by atoms with van der Waals surface area (Å²) < 4.78 is 6.65. The van der Waals surface area contributed by atoms with Crippen molar-refractivity contribution in [3.63, 3.8) is 0 Å². The second-order valence-corrected chi connectivity index (χ2v) is 8.80. The largest absolute Gasteiger partial charge is 0.491 e. The Morgan fingerprint density at radius 2 is 1.86 bits per heavy atom. The van der Waals surface area contributed by atoms with Gasteiger partial charge >= 0.3 is 0 Å². The fourth-order valence-electron chi connectivity index (χ4n) is 2.95. The zero-order valence-corrected chi connectivity index (χ0v) is 18.8. The maximum Gasteiger partial charge on any atom is 0.260 e. The predicted molar refractivity (Wildman–Crippen MR) is 122 cm³/mol. The van der Waals surface area contributed by atoms with Gasteiger partial charge in [-0.05, 0) is 77.3 Å². The van der Waals surface area contributed by atoms with Gasteiger partial charge in [-0.15, -0.1) is 0 Å². The lowest BCUT2D eigenvalue weighted by Gasteiger charge is -2.21. The van der Waals surface area contributed by atoms with Crippen LogP contribution >= 0.6 is 22.9 Å². The lowest BCUT2D eigenvalue weighted by Crippen LogP contribution is -2.33. The summed E-state index contributed by atoms with van der Waals surface area (Å²) in [6.45, 7) is 5.42. The van der Waals surface area contributed by atoms with E-state index in [0.717, 1.165) is 28.9 Å². The second kappa shape index (κ2) is 9.57. The molecule has 3 rings (SSSR count). The molecular weight excluding hydrogens is 406 g/mol. The molecule has 0 spiro atoms. The maximum atomic E-state index is 13.3. The van der Waals surface area contributed by atoms with E-state index >= 15 is 0 Å². The lowest BCUT2D eigenvalue weighted by molar-refractivity contribution is 0.0986. The van der Waals surface area contributed by atoms with Crippen LogP contribution < -0.4 is 9.64 Å². The van der Waals surface area contributed by atoms with Gasteiger partial charge in [-0.3, -0.25) is 9.69 Å². The average Bonchev–Trinajstić information content (AvgIpc) is 3.10. The molecule has 0 bridgehead atoms. The number of aromatic nitrogens is 1. The van der Waals surface area contributed by atoms with Crippen LogP contribution in [0.1, 0.15) is 30.6 Å². The van der Waals surface area contributed by atoms with E-state index in [0.29, 0.717) is 22.3 Å². The van der Waals surface area contributed by atoms with Gasteiger partial charge in [0.2, 0.25) is 0 Å². The molecule has 0 aliphatic heterocycles. The van der Waals surface area contributed by atoms with E-state index in [1.807, 2.05) is 58.3 Å². The van der Waals surface area contributed by atoms with Gasteiger partial charge < -0.3 is 9.64 Å². The molecular formula is C22H26ClN3O2S. The van der Waals surface area contributed by atoms with E-state index in [1.54, 1.807) is 17.0 Å². The number of hydrogen-bond donors (Lipinski definition) is 0. The van der Waals surface area contributed by atoms with E-state index in [9.17, 15) is 4.79 Å². The number of benzene rings is 2. The molecule has 154 valence electrons. The molecule has 0 N–H and O–H groups in total. The van der Waals surface area contributed by atoms with Crippen molar-refractivity contribution in [3.05, 3.63) is 53.1 Å². The molecule has 0 aliphatic carbocycles. The average molecular weight is 432 g/mol. The topological polar surface area (TPSA) is 45.7 Å². The molecule has 0 radical (unpaired) electrons. The highest BCUT2D eigenvalue weighted by Crippen LogP contribution is 2.33. The Hall–Kier alpha value is -2.15. The second-order valence-electron chi connectivity index (χ2n) is 7.39. The van der Waals surface area contributed by atoms with Crippen molar-refractivity contribution < 1.29 is 9.53 Å². The molecule has 1 aromatic heterocycles. The van der Waals surface area contributed by atoms with Gasteiger partial charge in [0.1, 0.15) is 11.3 Å². The Kier molecular flexibility index (Phi) is 7.11. The van der Waals surface area contributed by atoms with Gasteiger partial charge in [-0.2, -0.15) is 0 Å². The SMILES string of the molecule is CC(C)Oc1ccc(C(=O)N(CCCN(C)C)c2nc3c(Cl)cccc3s2)cc1. The van der Waals surface area contributed by atoms with E-state index in [4.69, 9.17) is 16.3 Å². The molecule has 0 saturated carbocycles. The van der Waals surface area contributed by atoms with Crippen molar-refractivity contribution in [1.29, 1.82) is 0 Å². The number of ether oxygens (including phenoxy) is 1. The molecule has 0 unspecified atom stereocenters. The normalized spacial score (nSPS) is 11.4. The summed E-state index contributed by atoms with van der Waals surface area (Å²) in [5.41, 5.74) is 1.34. The van der Waals surface area contributed by atoms with E-state index < -0.39 is 0 Å². The summed E-state index contributed by atoms with van der Waals surface area (Å²) in [6, 6.07) is 13.0. The van der Waals surface area contributed by atoms with Gasteiger partial charge in [0.25, 0.3) is 5.91 Å². The number of carbonyl (C=O) groups is 1. The Balaban J connectivity index is 1.89. The number of anilines is 1. The first-order valence-corrected chi connectivity index (χ1v) is 10.8. The first-order chi connectivity index (χ1) is 13.8. The summed E-state index contributed by atoms with van der Waals surface area (Å²) in [6.07, 6.45) is 0.934. The number of amides is 1. The number of carbonyl (C=O) groups excluding carboxylic acids is 1. The van der Waals surface area contributed by atoms with Crippen LogP contribution in [0.4, 0.5) is 5.13 Å². The molecule has 3 aromatic rings. The quantitative estimate of drug-likeness (QED) is 0.483. The zero-order valence-electron chi connectivity index (χ0n) is 17.2. The molecule has 0 fully saturated rings. The smallest absolute Gasteiger partial charge is 0.260 e. The fourth-order valence-corrected chi connectivity index (χ4v) is 4.24. The predicted octanol–water partition coefficient (Wildman–Crippen LogP) is 5.34.